The van der Waals surface area contributed by atoms with Crippen LogP contribution in [0.4, 0.5) is 17.1 Å². The van der Waals surface area contributed by atoms with Gasteiger partial charge in [0.05, 0.1) is 16.5 Å². The topological polar surface area (TPSA) is 12.5 Å². The Balaban J connectivity index is 1.04. The fourth-order valence-corrected chi connectivity index (χ4v) is 16.1. The minimum atomic E-state index is -2.02. The number of benzene rings is 11. The van der Waals surface area contributed by atoms with Crippen molar-refractivity contribution in [3.05, 3.63) is 311 Å². The van der Waals surface area contributed by atoms with Crippen LogP contribution < -0.4 is 25.2 Å². The summed E-state index contributed by atoms with van der Waals surface area (Å²) in [4.78, 5) is 2.50. The van der Waals surface area contributed by atoms with Gasteiger partial charge >= 0.3 is 0 Å². The van der Waals surface area contributed by atoms with E-state index in [1.54, 1.807) is 0 Å². The molecule has 0 bridgehead atoms. The lowest BCUT2D eigenvalue weighted by Gasteiger charge is -2.47. The molecule has 0 N–H and O–H groups in total. The Kier molecular flexibility index (Phi) is 8.92. The van der Waals surface area contributed by atoms with Gasteiger partial charge in [0, 0.05) is 27.9 Å². The molecule has 1 atom stereocenters. The van der Waals surface area contributed by atoms with E-state index in [1.165, 1.54) is 82.0 Å². The largest absolute Gasteiger partial charge is 0.457 e. The highest BCUT2D eigenvalue weighted by molar-refractivity contribution is 6.96. The smallest absolute Gasteiger partial charge is 0.133 e. The first kappa shape index (κ1) is 39.6. The maximum atomic E-state index is 6.85. The van der Waals surface area contributed by atoms with Crippen LogP contribution in [0.25, 0.3) is 21.9 Å². The van der Waals surface area contributed by atoms with Gasteiger partial charge in [0.25, 0.3) is 0 Å². The second kappa shape index (κ2) is 15.5. The van der Waals surface area contributed by atoms with Gasteiger partial charge in [0.2, 0.25) is 0 Å². The average molecular weight is 896 g/mol. The molecular formula is C66H45NOSi. The summed E-state index contributed by atoms with van der Waals surface area (Å²) in [6.07, 6.45) is 0. The summed E-state index contributed by atoms with van der Waals surface area (Å²) in [6.45, 7) is 0. The SMILES string of the molecule is c1ccc([SiH]2c3ccccc3C3(c4ccccc4Oc4ccccc43)c3cc(N(c4ccc(C5(c6ccccc6)c6ccccc6-c6ccccc65)cc4)c4cccc5ccccc45)ccc32)cc1. The number of nitrogens with zero attached hydrogens (tertiary/aromatic N) is 1. The Hall–Kier alpha value is -8.50. The van der Waals surface area contributed by atoms with Crippen LogP contribution in [0.1, 0.15) is 44.5 Å². The molecule has 0 radical (unpaired) electrons. The van der Waals surface area contributed by atoms with E-state index in [2.05, 4.69) is 272 Å². The molecule has 2 aliphatic heterocycles. The number of ether oxygens (including phenoxy) is 1. The van der Waals surface area contributed by atoms with Gasteiger partial charge in [-0.25, -0.2) is 0 Å². The first-order chi connectivity index (χ1) is 34.2. The fourth-order valence-electron chi connectivity index (χ4n) is 12.6. The van der Waals surface area contributed by atoms with E-state index in [0.29, 0.717) is 0 Å². The lowest BCUT2D eigenvalue weighted by atomic mass is 9.63. The van der Waals surface area contributed by atoms with Gasteiger partial charge < -0.3 is 9.64 Å². The van der Waals surface area contributed by atoms with Crippen LogP contribution >= 0.6 is 0 Å². The molecule has 3 aliphatic rings. The van der Waals surface area contributed by atoms with Crippen molar-refractivity contribution in [3.8, 4) is 22.6 Å². The predicted octanol–water partition coefficient (Wildman–Crippen LogP) is 13.7. The first-order valence-electron chi connectivity index (χ1n) is 24.0. The van der Waals surface area contributed by atoms with Crippen LogP contribution in [-0.2, 0) is 10.8 Å². The summed E-state index contributed by atoms with van der Waals surface area (Å²) < 4.78 is 6.85. The standard InChI is InChI=1S/C66H45NOSi/c1-3-22-46(23-4-1)65(54-29-11-9-27-52(54)53-28-10-12-30-55(53)65)47-38-40-48(41-39-47)67(60-34-19-21-45-20-7-8-26-51(45)60)49-42-43-64-59(44-49)66(56-31-13-16-35-61(56)68-62-36-17-14-32-57(62)66)58-33-15-18-37-63(58)69(64)50-24-5-2-6-25-50/h1-44,69H. The minimum Gasteiger partial charge on any atom is -0.457 e. The molecule has 2 heterocycles. The lowest BCUT2D eigenvalue weighted by molar-refractivity contribution is 0.435. The number of hydrogen-bond acceptors (Lipinski definition) is 2. The van der Waals surface area contributed by atoms with Crippen molar-refractivity contribution in [2.24, 2.45) is 0 Å². The van der Waals surface area contributed by atoms with Gasteiger partial charge in [0.1, 0.15) is 20.3 Å². The van der Waals surface area contributed by atoms with Crippen LogP contribution in [0.2, 0.25) is 0 Å². The molecule has 1 aliphatic carbocycles. The monoisotopic (exact) mass is 895 g/mol. The number of para-hydroxylation sites is 2. The van der Waals surface area contributed by atoms with E-state index in [1.807, 2.05) is 0 Å². The van der Waals surface area contributed by atoms with Crippen molar-refractivity contribution >= 4 is 52.2 Å². The van der Waals surface area contributed by atoms with Crippen molar-refractivity contribution in [3.63, 3.8) is 0 Å². The van der Waals surface area contributed by atoms with Crippen LogP contribution in [0.5, 0.6) is 11.5 Å². The number of rotatable bonds is 6. The number of fused-ring (bicyclic) bond motifs is 12. The van der Waals surface area contributed by atoms with Gasteiger partial charge in [-0.2, -0.15) is 0 Å². The van der Waals surface area contributed by atoms with E-state index >= 15 is 0 Å². The Bertz CT molecular complexity index is 3690. The maximum Gasteiger partial charge on any atom is 0.133 e. The number of anilines is 3. The van der Waals surface area contributed by atoms with Crippen molar-refractivity contribution in [1.82, 2.24) is 0 Å². The van der Waals surface area contributed by atoms with Crippen LogP contribution in [-0.4, -0.2) is 8.80 Å². The molecule has 0 fully saturated rings. The van der Waals surface area contributed by atoms with E-state index in [9.17, 15) is 0 Å². The van der Waals surface area contributed by atoms with E-state index in [-0.39, 0.29) is 0 Å². The molecule has 3 heteroatoms. The normalized spacial score (nSPS) is 15.2. The molecule has 11 aromatic rings. The molecule has 1 spiro atoms. The molecule has 0 saturated carbocycles. The minimum absolute atomic E-state index is 0.496. The van der Waals surface area contributed by atoms with Crippen molar-refractivity contribution in [2.45, 2.75) is 10.8 Å². The van der Waals surface area contributed by atoms with Gasteiger partial charge in [-0.15, -0.1) is 0 Å². The highest BCUT2D eigenvalue weighted by atomic mass is 28.3. The molecule has 2 nitrogen and oxygen atoms in total. The summed E-state index contributed by atoms with van der Waals surface area (Å²) in [5.41, 5.74) is 14.9. The van der Waals surface area contributed by atoms with Gasteiger partial charge in [0.15, 0.2) is 0 Å². The molecule has 324 valence electrons. The molecule has 14 rings (SSSR count). The van der Waals surface area contributed by atoms with Crippen LogP contribution in [0, 0.1) is 0 Å². The summed E-state index contributed by atoms with van der Waals surface area (Å²) >= 11 is 0. The molecular weight excluding hydrogens is 851 g/mol. The Labute approximate surface area is 404 Å². The molecule has 1 unspecified atom stereocenters. The molecule has 0 saturated heterocycles. The van der Waals surface area contributed by atoms with E-state index in [0.717, 1.165) is 28.6 Å². The first-order valence-corrected chi connectivity index (χ1v) is 25.8. The van der Waals surface area contributed by atoms with Crippen molar-refractivity contribution in [2.75, 3.05) is 4.90 Å². The average Bonchev–Trinajstić information content (AvgIpc) is 3.73. The highest BCUT2D eigenvalue weighted by Gasteiger charge is 2.52. The van der Waals surface area contributed by atoms with Crippen LogP contribution in [0.3, 0.4) is 0 Å². The molecule has 0 aromatic heterocycles. The third-order valence-electron chi connectivity index (χ3n) is 15.3. The second-order valence-electron chi connectivity index (χ2n) is 18.6. The predicted molar refractivity (Wildman–Crippen MR) is 287 cm³/mol. The quantitative estimate of drug-likeness (QED) is 0.154. The maximum absolute atomic E-state index is 6.85. The Morgan fingerprint density at radius 2 is 0.841 bits per heavy atom. The zero-order valence-electron chi connectivity index (χ0n) is 37.8. The summed E-state index contributed by atoms with van der Waals surface area (Å²) in [7, 11) is -2.02. The zero-order chi connectivity index (χ0) is 45.5. The van der Waals surface area contributed by atoms with Crippen molar-refractivity contribution < 1.29 is 4.74 Å². The molecule has 11 aromatic carbocycles. The fraction of sp³-hybridized carbons (Fsp3) is 0.0303. The third kappa shape index (κ3) is 5.66. The second-order valence-corrected chi connectivity index (χ2v) is 21.4. The number of hydrogen-bond donors (Lipinski definition) is 0. The van der Waals surface area contributed by atoms with Crippen LogP contribution in [0.15, 0.2) is 267 Å². The highest BCUT2D eigenvalue weighted by Crippen LogP contribution is 2.58. The molecule has 69 heavy (non-hydrogen) atoms. The summed E-state index contributed by atoms with van der Waals surface area (Å²) in [5, 5.41) is 6.67. The lowest BCUT2D eigenvalue weighted by Crippen LogP contribution is -2.62. The van der Waals surface area contributed by atoms with Gasteiger partial charge in [-0.3, -0.25) is 0 Å². The van der Waals surface area contributed by atoms with E-state index < -0.39 is 19.6 Å². The Morgan fingerprint density at radius 1 is 0.333 bits per heavy atom. The summed E-state index contributed by atoms with van der Waals surface area (Å²) in [6, 6.07) is 99.5. The Morgan fingerprint density at radius 3 is 1.54 bits per heavy atom. The summed E-state index contributed by atoms with van der Waals surface area (Å²) in [5.74, 6) is 1.79. The van der Waals surface area contributed by atoms with Crippen molar-refractivity contribution in [1.29, 1.82) is 0 Å². The van der Waals surface area contributed by atoms with E-state index in [4.69, 9.17) is 4.74 Å². The van der Waals surface area contributed by atoms with Gasteiger partial charge in [-0.05, 0) is 103 Å². The molecule has 0 amide bonds. The zero-order valence-corrected chi connectivity index (χ0v) is 39.0. The van der Waals surface area contributed by atoms with Gasteiger partial charge in [-0.1, -0.05) is 230 Å². The third-order valence-corrected chi connectivity index (χ3v) is 18.6.